The van der Waals surface area contributed by atoms with Gasteiger partial charge in [0.25, 0.3) is 5.91 Å². The van der Waals surface area contributed by atoms with Gasteiger partial charge in [0.05, 0.1) is 11.9 Å². The van der Waals surface area contributed by atoms with Gasteiger partial charge in [-0.05, 0) is 37.3 Å². The minimum absolute atomic E-state index is 0.141. The number of nitrogens with zero attached hydrogens (tertiary/aromatic N) is 2. The third kappa shape index (κ3) is 5.28. The molecule has 2 heterocycles. The lowest BCUT2D eigenvalue weighted by atomic mass is 10.2. The zero-order valence-electron chi connectivity index (χ0n) is 14.2. The number of halogens is 1. The quantitative estimate of drug-likeness (QED) is 0.664. The van der Waals surface area contributed by atoms with Crippen LogP contribution in [0.15, 0.2) is 48.0 Å². The zero-order chi connectivity index (χ0) is 18.4. The minimum Gasteiger partial charge on any atom is -0.485 e. The number of pyridine rings is 1. The number of thiazole rings is 1. The van der Waals surface area contributed by atoms with Crippen LogP contribution in [0.4, 0.5) is 0 Å². The van der Waals surface area contributed by atoms with E-state index in [-0.39, 0.29) is 5.91 Å². The molecule has 0 spiro atoms. The fourth-order valence-corrected chi connectivity index (χ4v) is 3.18. The number of ether oxygens (including phenoxy) is 1. The van der Waals surface area contributed by atoms with Gasteiger partial charge in [-0.15, -0.1) is 11.3 Å². The Balaban J connectivity index is 1.45. The van der Waals surface area contributed by atoms with Crippen LogP contribution >= 0.6 is 22.9 Å². The van der Waals surface area contributed by atoms with Crippen molar-refractivity contribution in [3.63, 3.8) is 0 Å². The summed E-state index contributed by atoms with van der Waals surface area (Å²) in [4.78, 5) is 20.8. The van der Waals surface area contributed by atoms with Gasteiger partial charge in [-0.1, -0.05) is 17.7 Å². The van der Waals surface area contributed by atoms with Crippen LogP contribution in [0.25, 0.3) is 0 Å². The van der Waals surface area contributed by atoms with E-state index in [9.17, 15) is 4.79 Å². The van der Waals surface area contributed by atoms with Crippen LogP contribution in [-0.4, -0.2) is 22.4 Å². The highest BCUT2D eigenvalue weighted by atomic mass is 35.5. The molecule has 0 aliphatic heterocycles. The van der Waals surface area contributed by atoms with Crippen molar-refractivity contribution in [2.24, 2.45) is 0 Å². The topological polar surface area (TPSA) is 64.1 Å². The van der Waals surface area contributed by atoms with Gasteiger partial charge < -0.3 is 10.1 Å². The fraction of sp³-hybridized carbons (Fsp3) is 0.211. The van der Waals surface area contributed by atoms with Crippen LogP contribution in [0.5, 0.6) is 5.75 Å². The van der Waals surface area contributed by atoms with Crippen molar-refractivity contribution in [3.05, 3.63) is 75.0 Å². The summed E-state index contributed by atoms with van der Waals surface area (Å²) in [5, 5.41) is 6.30. The van der Waals surface area contributed by atoms with Crippen molar-refractivity contribution in [1.82, 2.24) is 15.3 Å². The average molecular weight is 388 g/mol. The number of hydrogen-bond donors (Lipinski definition) is 1. The molecule has 26 heavy (non-hydrogen) atoms. The second kappa shape index (κ2) is 8.78. The van der Waals surface area contributed by atoms with Gasteiger partial charge in [0.15, 0.2) is 0 Å². The first-order valence-corrected chi connectivity index (χ1v) is 9.38. The summed E-state index contributed by atoms with van der Waals surface area (Å²) in [5.74, 6) is 0.583. The van der Waals surface area contributed by atoms with Crippen LogP contribution in [0, 0.1) is 6.92 Å². The van der Waals surface area contributed by atoms with E-state index >= 15 is 0 Å². The molecule has 0 radical (unpaired) electrons. The third-order valence-corrected chi connectivity index (χ3v) is 4.71. The van der Waals surface area contributed by atoms with Gasteiger partial charge in [0, 0.05) is 34.6 Å². The lowest BCUT2D eigenvalue weighted by Gasteiger charge is -2.04. The molecule has 5 nitrogen and oxygen atoms in total. The first-order chi connectivity index (χ1) is 12.6. The fourth-order valence-electron chi connectivity index (χ4n) is 2.25. The molecule has 0 fully saturated rings. The number of nitrogens with one attached hydrogen (secondary N) is 1. The van der Waals surface area contributed by atoms with Crippen LogP contribution in [-0.2, 0) is 13.0 Å². The Labute approximate surface area is 161 Å². The normalized spacial score (nSPS) is 10.5. The Morgan fingerprint density at radius 1 is 1.31 bits per heavy atom. The molecule has 1 aromatic carbocycles. The number of carbonyl (C=O) groups excluding carboxylic acids is 1. The summed E-state index contributed by atoms with van der Waals surface area (Å²) in [6.45, 7) is 2.85. The molecule has 7 heteroatoms. The van der Waals surface area contributed by atoms with Crippen molar-refractivity contribution in [2.45, 2.75) is 20.0 Å². The van der Waals surface area contributed by atoms with Crippen LogP contribution in [0.3, 0.4) is 0 Å². The van der Waals surface area contributed by atoms with Gasteiger partial charge in [-0.3, -0.25) is 9.78 Å². The van der Waals surface area contributed by atoms with E-state index in [1.807, 2.05) is 24.4 Å². The smallest absolute Gasteiger partial charge is 0.251 e. The molecule has 1 N–H and O–H groups in total. The summed E-state index contributed by atoms with van der Waals surface area (Å²) in [5.41, 5.74) is 2.44. The predicted molar refractivity (Wildman–Crippen MR) is 103 cm³/mol. The molecular weight excluding hydrogens is 370 g/mol. The van der Waals surface area contributed by atoms with Crippen molar-refractivity contribution < 1.29 is 9.53 Å². The number of rotatable bonds is 7. The Bertz CT molecular complexity index is 881. The van der Waals surface area contributed by atoms with Crippen LogP contribution in [0.1, 0.15) is 26.8 Å². The van der Waals surface area contributed by atoms with Gasteiger partial charge in [-0.25, -0.2) is 4.98 Å². The zero-order valence-corrected chi connectivity index (χ0v) is 15.8. The Morgan fingerprint density at radius 2 is 2.19 bits per heavy atom. The van der Waals surface area contributed by atoms with E-state index in [0.29, 0.717) is 30.2 Å². The van der Waals surface area contributed by atoms with Crippen molar-refractivity contribution in [2.75, 3.05) is 6.54 Å². The van der Waals surface area contributed by atoms with E-state index in [1.54, 1.807) is 41.8 Å². The monoisotopic (exact) mass is 387 g/mol. The molecule has 3 aromatic rings. The third-order valence-electron chi connectivity index (χ3n) is 3.60. The van der Waals surface area contributed by atoms with E-state index in [4.69, 9.17) is 16.3 Å². The minimum atomic E-state index is -0.141. The number of amides is 1. The summed E-state index contributed by atoms with van der Waals surface area (Å²) in [7, 11) is 0. The largest absolute Gasteiger partial charge is 0.485 e. The van der Waals surface area contributed by atoms with Gasteiger partial charge in [0.2, 0.25) is 0 Å². The van der Waals surface area contributed by atoms with E-state index in [0.717, 1.165) is 22.1 Å². The standard InChI is InChI=1S/C19H18ClN3O2S/c1-13-5-6-17(10-22-13)25-11-18-23-16(12-26-18)7-8-21-19(24)14-3-2-4-15(20)9-14/h2-6,9-10,12H,7-8,11H2,1H3,(H,21,24). The lowest BCUT2D eigenvalue weighted by molar-refractivity contribution is 0.0954. The highest BCUT2D eigenvalue weighted by Gasteiger charge is 2.07. The van der Waals surface area contributed by atoms with Crippen LogP contribution in [0.2, 0.25) is 5.02 Å². The number of benzene rings is 1. The number of aromatic nitrogens is 2. The van der Waals surface area contributed by atoms with Gasteiger partial charge in [-0.2, -0.15) is 0 Å². The Morgan fingerprint density at radius 3 is 2.96 bits per heavy atom. The first kappa shape index (κ1) is 18.4. The van der Waals surface area contributed by atoms with Crippen molar-refractivity contribution >= 4 is 28.8 Å². The predicted octanol–water partition coefficient (Wildman–Crippen LogP) is 4.05. The molecule has 1 amide bonds. The van der Waals surface area contributed by atoms with E-state index in [2.05, 4.69) is 15.3 Å². The summed E-state index contributed by atoms with van der Waals surface area (Å²) in [6, 6.07) is 10.7. The average Bonchev–Trinajstić information content (AvgIpc) is 3.09. The summed E-state index contributed by atoms with van der Waals surface area (Å²) < 4.78 is 5.68. The highest BCUT2D eigenvalue weighted by Crippen LogP contribution is 2.15. The molecule has 134 valence electrons. The van der Waals surface area contributed by atoms with Crippen LogP contribution < -0.4 is 10.1 Å². The maximum Gasteiger partial charge on any atom is 0.251 e. The second-order valence-electron chi connectivity index (χ2n) is 5.67. The summed E-state index contributed by atoms with van der Waals surface area (Å²) >= 11 is 7.44. The number of carbonyl (C=O) groups is 1. The maximum absolute atomic E-state index is 12.1. The van der Waals surface area contributed by atoms with E-state index < -0.39 is 0 Å². The Kier molecular flexibility index (Phi) is 6.20. The summed E-state index contributed by atoms with van der Waals surface area (Å²) in [6.07, 6.45) is 2.37. The molecule has 0 unspecified atom stereocenters. The molecule has 0 aliphatic rings. The Hall–Kier alpha value is -2.44. The number of hydrogen-bond acceptors (Lipinski definition) is 5. The lowest BCUT2D eigenvalue weighted by Crippen LogP contribution is -2.25. The van der Waals surface area contributed by atoms with Gasteiger partial charge in [0.1, 0.15) is 17.4 Å². The molecule has 2 aromatic heterocycles. The molecular formula is C19H18ClN3O2S. The molecule has 0 atom stereocenters. The number of aryl methyl sites for hydroxylation is 1. The van der Waals surface area contributed by atoms with E-state index in [1.165, 1.54) is 0 Å². The highest BCUT2D eigenvalue weighted by molar-refractivity contribution is 7.09. The van der Waals surface area contributed by atoms with Crippen molar-refractivity contribution in [1.29, 1.82) is 0 Å². The molecule has 0 bridgehead atoms. The van der Waals surface area contributed by atoms with Gasteiger partial charge >= 0.3 is 0 Å². The molecule has 0 aliphatic carbocycles. The SMILES string of the molecule is Cc1ccc(OCc2nc(CCNC(=O)c3cccc(Cl)c3)cs2)cn1. The maximum atomic E-state index is 12.1. The first-order valence-electron chi connectivity index (χ1n) is 8.12. The molecule has 3 rings (SSSR count). The second-order valence-corrected chi connectivity index (χ2v) is 7.05. The molecule has 0 saturated carbocycles. The molecule has 0 saturated heterocycles. The van der Waals surface area contributed by atoms with Crippen molar-refractivity contribution in [3.8, 4) is 5.75 Å².